The van der Waals surface area contributed by atoms with Gasteiger partial charge in [-0.3, -0.25) is 49.8 Å². The number of methoxy groups -OCH3 is 2. The minimum Gasteiger partial charge on any atom is -0.493 e. The minimum absolute atomic E-state index is 0.491. The summed E-state index contributed by atoms with van der Waals surface area (Å²) in [7, 11) is 7.92. The average Bonchev–Trinajstić information content (AvgIpc) is 0.797. The van der Waals surface area contributed by atoms with E-state index in [-0.39, 0.29) is 0 Å². The Balaban J connectivity index is 0.000000172. The van der Waals surface area contributed by atoms with E-state index in [2.05, 4.69) is 200 Å². The van der Waals surface area contributed by atoms with Gasteiger partial charge >= 0.3 is 152 Å². The van der Waals surface area contributed by atoms with Gasteiger partial charge in [0.2, 0.25) is 0 Å². The number of hydrogen-bond donors (Lipinski definition) is 0. The summed E-state index contributed by atoms with van der Waals surface area (Å²) in [5.41, 5.74) is 23.6. The van der Waals surface area contributed by atoms with Crippen molar-refractivity contribution in [1.29, 1.82) is 0 Å². The van der Waals surface area contributed by atoms with Crippen molar-refractivity contribution >= 4 is 79.0 Å². The van der Waals surface area contributed by atoms with Gasteiger partial charge in [0.15, 0.2) is 0 Å². The summed E-state index contributed by atoms with van der Waals surface area (Å²) in [4.78, 5) is 44.3. The van der Waals surface area contributed by atoms with E-state index in [4.69, 9.17) is 14.2 Å². The van der Waals surface area contributed by atoms with Crippen LogP contribution in [-0.4, -0.2) is 64.1 Å². The van der Waals surface area contributed by atoms with Gasteiger partial charge in [-0.15, -0.1) is 54.6 Å². The first-order valence-electron chi connectivity index (χ1n) is 37.8. The molecule has 10 heterocycles. The van der Waals surface area contributed by atoms with E-state index >= 15 is 0 Å². The molecule has 0 N–H and O–H groups in total. The molecule has 0 amide bonds. The van der Waals surface area contributed by atoms with Crippen LogP contribution in [0.1, 0.15) is 32.8 Å². The number of nitrogens with zero attached hydrogens (tertiary/aromatic N) is 10. The van der Waals surface area contributed by atoms with Crippen LogP contribution in [0, 0.1) is 36.2 Å². The van der Waals surface area contributed by atoms with Gasteiger partial charge in [-0.2, -0.15) is 0 Å². The summed E-state index contributed by atoms with van der Waals surface area (Å²) >= 11 is 21.1. The van der Waals surface area contributed by atoms with Gasteiger partial charge in [0, 0.05) is 119 Å². The van der Waals surface area contributed by atoms with Gasteiger partial charge in [-0.05, 0) is 110 Å². The van der Waals surface area contributed by atoms with Crippen molar-refractivity contribution in [3.05, 3.63) is 406 Å². The van der Waals surface area contributed by atoms with Gasteiger partial charge < -0.3 is 14.2 Å². The Kier molecular flexibility index (Phi) is 44.0. The van der Waals surface area contributed by atoms with E-state index in [0.29, 0.717) is 11.7 Å². The standard InChI is InChI=1S/C25H23N2.C22H15N2O.C20H13N2.2C17H13N2O.4BrH.ClH.5Pt/c1-17-12-18(2)25(19(3)13-17)22-15-20(23-8-4-6-10-26-23)14-21(16-22)24-9-5-7-11-27-24;1-2-8-18(9-3-1)25-22-13-12-17(20-10-4-6-14-23-20)16-19(22)21-11-5-7-15-24-21;1-2-8-17-15(7-1)13-16(19-9-3-5-11-21-19)14-18(17)20-10-4-6-12-22-20;2*1-20-15-11-13(16-6-2-4-8-18-16)10-14(12-15)17-7-3-5-9-19-17;;;;;;;;;;/h4-12,15-16,19H,13H2,1-3H3;1-15H;1-13H;2*2-9,11-12H,1H3;5*1H;;;;;/q5*-1;;;;;;5*+2/p-5. The van der Waals surface area contributed by atoms with E-state index in [0.717, 1.165) is 142 Å². The third-order valence-electron chi connectivity index (χ3n) is 18.4. The number of ether oxygens (including phenoxy) is 3. The molecule has 124 heavy (non-hydrogen) atoms. The molecular weight excluding hydrogens is 2730 g/mol. The van der Waals surface area contributed by atoms with Crippen LogP contribution < -0.4 is 14.2 Å². The molecule has 1 aliphatic rings. The molecule has 7 aromatic carbocycles. The molecule has 0 spiro atoms. The molecule has 0 fully saturated rings. The Bertz CT molecular complexity index is 5770. The van der Waals surface area contributed by atoms with Crippen LogP contribution in [0.25, 0.3) is 129 Å². The number of aromatic nitrogens is 10. The molecule has 0 saturated carbocycles. The number of rotatable bonds is 15. The van der Waals surface area contributed by atoms with Crippen molar-refractivity contribution in [2.75, 3.05) is 14.2 Å². The maximum atomic E-state index is 6.06. The fourth-order valence-electron chi connectivity index (χ4n) is 13.2. The van der Waals surface area contributed by atoms with Crippen LogP contribution in [0.4, 0.5) is 0 Å². The fourth-order valence-corrected chi connectivity index (χ4v) is 13.2. The predicted molar refractivity (Wildman–Crippen MR) is 498 cm³/mol. The van der Waals surface area contributed by atoms with Crippen molar-refractivity contribution in [3.8, 4) is 136 Å². The number of fused-ring (bicyclic) bond motifs is 1. The molecule has 1 unspecified atom stereocenters. The maximum absolute atomic E-state index is 6.06. The van der Waals surface area contributed by atoms with Crippen molar-refractivity contribution in [2.45, 2.75) is 27.2 Å². The monoisotopic (exact) mass is 2800 g/mol. The molecule has 18 rings (SSSR count). The molecular formula is C101H77Br4ClN10O3Pt5. The third kappa shape index (κ3) is 29.5. The van der Waals surface area contributed by atoms with Gasteiger partial charge in [-0.25, -0.2) is 0 Å². The van der Waals surface area contributed by atoms with Crippen molar-refractivity contribution < 1.29 is 104 Å². The maximum Gasteiger partial charge on any atom is 0.116 e. The quantitative estimate of drug-likeness (QED) is 0.0894. The summed E-state index contributed by atoms with van der Waals surface area (Å²) in [6.07, 6.45) is 21.3. The molecule has 634 valence electrons. The Hall–Kier alpha value is -9.17. The van der Waals surface area contributed by atoms with Gasteiger partial charge in [0.05, 0.1) is 31.5 Å². The van der Waals surface area contributed by atoms with E-state index in [1.807, 2.05) is 350 Å². The Morgan fingerprint density at radius 1 is 0.306 bits per heavy atom. The van der Waals surface area contributed by atoms with Gasteiger partial charge in [0.25, 0.3) is 0 Å². The largest absolute Gasteiger partial charge is 0.493 e. The van der Waals surface area contributed by atoms with Crippen LogP contribution in [0.5, 0.6) is 23.0 Å². The second kappa shape index (κ2) is 55.3. The fraction of sp³-hybridized carbons (Fsp3) is 0.0693. The molecule has 0 aliphatic heterocycles. The first-order chi connectivity index (χ1) is 61.2. The zero-order chi connectivity index (χ0) is 88.1. The Labute approximate surface area is 812 Å². The summed E-state index contributed by atoms with van der Waals surface area (Å²) in [6, 6.07) is 112. The number of halogens is 5. The van der Waals surface area contributed by atoms with Crippen molar-refractivity contribution in [1.82, 2.24) is 49.8 Å². The molecule has 1 atom stereocenters. The van der Waals surface area contributed by atoms with Crippen LogP contribution in [0.15, 0.2) is 370 Å². The number of pyridine rings is 10. The predicted octanol–water partition coefficient (Wildman–Crippen LogP) is 27.8. The number of allylic oxidation sites excluding steroid dienone is 4. The third-order valence-corrected chi connectivity index (χ3v) is 18.4. The van der Waals surface area contributed by atoms with Crippen molar-refractivity contribution in [2.24, 2.45) is 5.92 Å². The average molecular weight is 2810 g/mol. The topological polar surface area (TPSA) is 157 Å². The van der Waals surface area contributed by atoms with E-state index in [1.165, 1.54) is 27.7 Å². The van der Waals surface area contributed by atoms with E-state index < -0.39 is 0 Å². The summed E-state index contributed by atoms with van der Waals surface area (Å²) < 4.78 is 16.8. The Morgan fingerprint density at radius 3 is 0.927 bits per heavy atom. The molecule has 1 aliphatic carbocycles. The molecule has 10 aromatic heterocycles. The summed E-state index contributed by atoms with van der Waals surface area (Å²) in [5, 5.41) is 2.32. The van der Waals surface area contributed by atoms with E-state index in [1.54, 1.807) is 76.4 Å². The second-order valence-corrected chi connectivity index (χ2v) is 26.4. The first-order valence-corrected chi connectivity index (χ1v) is 60.5. The van der Waals surface area contributed by atoms with Crippen LogP contribution >= 0.6 is 62.6 Å². The second-order valence-electron chi connectivity index (χ2n) is 26.4. The number of hydrogen-bond acceptors (Lipinski definition) is 13. The first kappa shape index (κ1) is 98.6. The van der Waals surface area contributed by atoms with Crippen LogP contribution in [0.2, 0.25) is 0 Å². The normalized spacial score (nSPS) is 11.3. The van der Waals surface area contributed by atoms with Crippen molar-refractivity contribution in [3.63, 3.8) is 0 Å². The zero-order valence-electron chi connectivity index (χ0n) is 67.0. The van der Waals surface area contributed by atoms with Crippen LogP contribution in [0.3, 0.4) is 0 Å². The minimum atomic E-state index is 0.491. The van der Waals surface area contributed by atoms with Gasteiger partial charge in [-0.1, -0.05) is 285 Å². The SMILES string of the molecule is CC1=CC(C)=C(c2cc(-c3ccccn3)[c-]c(-c3ccccn3)c2)C(C)C1.COc1cc(-c2ccccn2)[c-]c(-c2ccccn2)c1.COc1cc(-c2ccccn2)[c-]c(-c2ccccn2)c1.[Br][Pt+].[Br][Pt+].[Br][Pt+].[Br][Pt+].[Cl][Pt+].[c-]1c(-c2ccccn2)cc2ccccc2c1-c1ccccn1.[c-]1c(-c2ccccn2)ccc(Oc2ccccc2)c1-c1ccccn1. The molecule has 0 saturated heterocycles. The Morgan fingerprint density at radius 2 is 0.597 bits per heavy atom. The summed E-state index contributed by atoms with van der Waals surface area (Å²) in [5.74, 6) is 3.52. The zero-order valence-corrected chi connectivity index (χ0v) is 85.5. The van der Waals surface area contributed by atoms with E-state index in [9.17, 15) is 0 Å². The van der Waals surface area contributed by atoms with Gasteiger partial charge in [0.1, 0.15) is 5.75 Å². The smallest absolute Gasteiger partial charge is 0.116 e. The number of benzene rings is 7. The molecule has 17 aromatic rings. The molecule has 23 heteroatoms. The molecule has 0 bridgehead atoms. The summed E-state index contributed by atoms with van der Waals surface area (Å²) in [6.45, 7) is 6.74. The number of para-hydroxylation sites is 1. The molecule has 0 radical (unpaired) electrons. The molecule has 13 nitrogen and oxygen atoms in total. The van der Waals surface area contributed by atoms with Crippen LogP contribution in [-0.2, 0) is 89.8 Å².